The number of H-pyrrole nitrogens is 1. The first-order valence-electron chi connectivity index (χ1n) is 13.3. The number of likely N-dealkylation sites (tertiary alicyclic amines) is 1. The van der Waals surface area contributed by atoms with E-state index in [2.05, 4.69) is 33.4 Å². The Balaban J connectivity index is 1.31. The van der Waals surface area contributed by atoms with E-state index in [1.54, 1.807) is 12.1 Å². The number of rotatable bonds is 8. The number of amides is 1. The molecule has 0 radical (unpaired) electrons. The zero-order valence-electron chi connectivity index (χ0n) is 22.5. The van der Waals surface area contributed by atoms with Gasteiger partial charge in [-0.15, -0.1) is 0 Å². The molecule has 3 aromatic carbocycles. The normalized spacial score (nSPS) is 15.6. The number of aromatic amines is 1. The van der Waals surface area contributed by atoms with Crippen LogP contribution in [-0.2, 0) is 23.2 Å². The van der Waals surface area contributed by atoms with E-state index in [1.165, 1.54) is 57.2 Å². The molecule has 0 saturated carbocycles. The van der Waals surface area contributed by atoms with E-state index in [4.69, 9.17) is 13.7 Å². The van der Waals surface area contributed by atoms with Crippen LogP contribution in [0.5, 0.6) is 17.2 Å². The number of ether oxygens (including phenoxy) is 2. The number of benzene rings is 3. The van der Waals surface area contributed by atoms with E-state index in [0.29, 0.717) is 22.4 Å². The van der Waals surface area contributed by atoms with Crippen LogP contribution in [0.2, 0.25) is 0 Å². The van der Waals surface area contributed by atoms with E-state index >= 15 is 0 Å². The molecule has 1 fully saturated rings. The molecular formula is C30H31N3O6S. The maximum Gasteiger partial charge on any atom is 0.339 e. The Hall–Kier alpha value is -4.02. The van der Waals surface area contributed by atoms with Crippen LogP contribution in [0.25, 0.3) is 22.2 Å². The van der Waals surface area contributed by atoms with Crippen molar-refractivity contribution in [2.24, 2.45) is 0 Å². The van der Waals surface area contributed by atoms with E-state index < -0.39 is 10.1 Å². The van der Waals surface area contributed by atoms with Gasteiger partial charge in [0, 0.05) is 46.9 Å². The van der Waals surface area contributed by atoms with Gasteiger partial charge in [-0.2, -0.15) is 8.42 Å². The van der Waals surface area contributed by atoms with Crippen molar-refractivity contribution in [2.45, 2.75) is 37.2 Å². The van der Waals surface area contributed by atoms with Gasteiger partial charge in [0.2, 0.25) is 0 Å². The minimum absolute atomic E-state index is 0.0868. The second-order valence-corrected chi connectivity index (χ2v) is 11.7. The highest BCUT2D eigenvalue weighted by molar-refractivity contribution is 7.87. The number of nitrogens with one attached hydrogen (secondary N) is 2. The predicted molar refractivity (Wildman–Crippen MR) is 151 cm³/mol. The van der Waals surface area contributed by atoms with Crippen LogP contribution in [0.4, 0.5) is 0 Å². The number of carbonyl (C=O) groups is 1. The summed E-state index contributed by atoms with van der Waals surface area (Å²) in [5, 5.41) is 3.88. The lowest BCUT2D eigenvalue weighted by Crippen LogP contribution is -2.28. The molecule has 9 nitrogen and oxygen atoms in total. The highest BCUT2D eigenvalue weighted by Crippen LogP contribution is 2.38. The number of fused-ring (bicyclic) bond motifs is 2. The summed E-state index contributed by atoms with van der Waals surface area (Å²) in [6.07, 6.45) is 3.80. The first kappa shape index (κ1) is 26.2. The van der Waals surface area contributed by atoms with Gasteiger partial charge in [0.25, 0.3) is 5.91 Å². The van der Waals surface area contributed by atoms with Gasteiger partial charge in [-0.1, -0.05) is 12.5 Å². The number of nitrogens with zero attached hydrogens (tertiary/aromatic N) is 1. The summed E-state index contributed by atoms with van der Waals surface area (Å²) >= 11 is 0. The van der Waals surface area contributed by atoms with Crippen molar-refractivity contribution in [2.75, 3.05) is 27.3 Å². The number of methoxy groups -OCH3 is 2. The van der Waals surface area contributed by atoms with Crippen molar-refractivity contribution < 1.29 is 26.9 Å². The third-order valence-corrected chi connectivity index (χ3v) is 8.83. The number of piperidine rings is 1. The standard InChI is InChI=1S/C30H31N3O6S/c1-37-27-10-7-21(16-28(27)38-2)40(35,36)39-26-11-8-22(29-23(26)17-31-30(29)34)25-15-20-14-19(6-9-24(20)32-25)18-33-12-4-3-5-13-33/h6-11,14-16,32H,3-5,12-13,17-18H2,1-2H3,(H,31,34). The SMILES string of the molecule is COc1ccc(S(=O)(=O)Oc2ccc(-c3cc4cc(CN5CCCCC5)ccc4[nH]3)c3c2CNC3=O)cc1OC. The van der Waals surface area contributed by atoms with Crippen LogP contribution >= 0.6 is 0 Å². The van der Waals surface area contributed by atoms with E-state index in [-0.39, 0.29) is 28.8 Å². The summed E-state index contributed by atoms with van der Waals surface area (Å²) in [5.41, 5.74) is 4.60. The molecule has 0 bridgehead atoms. The molecule has 6 rings (SSSR count). The molecule has 0 aliphatic carbocycles. The van der Waals surface area contributed by atoms with Gasteiger partial charge < -0.3 is 24.0 Å². The molecular weight excluding hydrogens is 530 g/mol. The molecule has 40 heavy (non-hydrogen) atoms. The lowest BCUT2D eigenvalue weighted by atomic mass is 9.99. The number of carbonyl (C=O) groups excluding carboxylic acids is 1. The molecule has 1 amide bonds. The van der Waals surface area contributed by atoms with Gasteiger partial charge in [-0.25, -0.2) is 0 Å². The van der Waals surface area contributed by atoms with E-state index in [1.807, 2.05) is 6.07 Å². The van der Waals surface area contributed by atoms with Gasteiger partial charge in [-0.05, 0) is 74.0 Å². The topological polar surface area (TPSA) is 110 Å². The van der Waals surface area contributed by atoms with Crippen molar-refractivity contribution in [3.63, 3.8) is 0 Å². The average molecular weight is 562 g/mol. The zero-order chi connectivity index (χ0) is 27.9. The van der Waals surface area contributed by atoms with Crippen molar-refractivity contribution >= 4 is 26.9 Å². The quantitative estimate of drug-likeness (QED) is 0.296. The third-order valence-electron chi connectivity index (χ3n) is 7.60. The van der Waals surface area contributed by atoms with Gasteiger partial charge in [-0.3, -0.25) is 9.69 Å². The Morgan fingerprint density at radius 2 is 1.65 bits per heavy atom. The molecule has 0 atom stereocenters. The average Bonchev–Trinajstić information content (AvgIpc) is 3.57. The summed E-state index contributed by atoms with van der Waals surface area (Å²) in [6, 6.07) is 16.0. The largest absolute Gasteiger partial charge is 0.493 e. The minimum Gasteiger partial charge on any atom is -0.493 e. The molecule has 1 saturated heterocycles. The Labute approximate surface area is 233 Å². The molecule has 3 heterocycles. The molecule has 2 N–H and O–H groups in total. The Bertz CT molecular complexity index is 1710. The summed E-state index contributed by atoms with van der Waals surface area (Å²) in [4.78, 5) is 18.8. The number of aromatic nitrogens is 1. The van der Waals surface area contributed by atoms with E-state index in [9.17, 15) is 13.2 Å². The molecule has 208 valence electrons. The van der Waals surface area contributed by atoms with Crippen LogP contribution < -0.4 is 19.0 Å². The van der Waals surface area contributed by atoms with Crippen LogP contribution in [0.1, 0.15) is 40.7 Å². The van der Waals surface area contributed by atoms with Crippen LogP contribution in [-0.4, -0.2) is 51.5 Å². The summed E-state index contributed by atoms with van der Waals surface area (Å²) < 4.78 is 42.3. The van der Waals surface area contributed by atoms with Crippen molar-refractivity contribution in [3.05, 3.63) is 71.3 Å². The fourth-order valence-electron chi connectivity index (χ4n) is 5.56. The molecule has 0 unspecified atom stereocenters. The van der Waals surface area contributed by atoms with Gasteiger partial charge >= 0.3 is 10.1 Å². The highest BCUT2D eigenvalue weighted by Gasteiger charge is 2.30. The predicted octanol–water partition coefficient (Wildman–Crippen LogP) is 4.85. The van der Waals surface area contributed by atoms with Crippen LogP contribution in [0.3, 0.4) is 0 Å². The Morgan fingerprint density at radius 1 is 0.875 bits per heavy atom. The second-order valence-electron chi connectivity index (χ2n) is 10.1. The molecule has 4 aromatic rings. The van der Waals surface area contributed by atoms with Crippen molar-refractivity contribution in [1.29, 1.82) is 0 Å². The van der Waals surface area contributed by atoms with Crippen LogP contribution in [0.15, 0.2) is 59.5 Å². The zero-order valence-corrected chi connectivity index (χ0v) is 23.3. The minimum atomic E-state index is -4.21. The molecule has 2 aliphatic rings. The highest BCUT2D eigenvalue weighted by atomic mass is 32.2. The maximum absolute atomic E-state index is 13.2. The first-order chi connectivity index (χ1) is 19.4. The third kappa shape index (κ3) is 4.89. The molecule has 10 heteroatoms. The fraction of sp³-hybridized carbons (Fsp3) is 0.300. The molecule has 0 spiro atoms. The maximum atomic E-state index is 13.2. The molecule has 1 aromatic heterocycles. The first-order valence-corrected chi connectivity index (χ1v) is 14.7. The van der Waals surface area contributed by atoms with Gasteiger partial charge in [0.15, 0.2) is 11.5 Å². The number of hydrogen-bond acceptors (Lipinski definition) is 7. The lowest BCUT2D eigenvalue weighted by Gasteiger charge is -2.26. The summed E-state index contributed by atoms with van der Waals surface area (Å²) in [5.74, 6) is 0.496. The smallest absolute Gasteiger partial charge is 0.339 e. The fourth-order valence-corrected chi connectivity index (χ4v) is 6.54. The summed E-state index contributed by atoms with van der Waals surface area (Å²) in [7, 11) is -1.31. The Morgan fingerprint density at radius 3 is 2.42 bits per heavy atom. The summed E-state index contributed by atoms with van der Waals surface area (Å²) in [6.45, 7) is 3.36. The second kappa shape index (κ2) is 10.5. The molecule has 2 aliphatic heterocycles. The monoisotopic (exact) mass is 561 g/mol. The lowest BCUT2D eigenvalue weighted by molar-refractivity contribution is 0.0966. The van der Waals surface area contributed by atoms with Crippen LogP contribution in [0, 0.1) is 0 Å². The van der Waals surface area contributed by atoms with Crippen molar-refractivity contribution in [1.82, 2.24) is 15.2 Å². The Kier molecular flexibility index (Phi) is 6.89. The number of hydrogen-bond donors (Lipinski definition) is 2. The van der Waals surface area contributed by atoms with Crippen molar-refractivity contribution in [3.8, 4) is 28.5 Å². The van der Waals surface area contributed by atoms with Gasteiger partial charge in [0.05, 0.1) is 19.8 Å². The van der Waals surface area contributed by atoms with Gasteiger partial charge in [0.1, 0.15) is 10.6 Å². The van der Waals surface area contributed by atoms with E-state index in [0.717, 1.165) is 36.2 Å².